The molecule has 9 heteroatoms. The van der Waals surface area contributed by atoms with Crippen LogP contribution in [0, 0.1) is 24.2 Å². The van der Waals surface area contributed by atoms with Gasteiger partial charge in [-0.15, -0.1) is 0 Å². The Morgan fingerprint density at radius 2 is 1.97 bits per heavy atom. The first-order valence-corrected chi connectivity index (χ1v) is 15.9. The molecule has 0 bridgehead atoms. The number of hydrogen-bond donors (Lipinski definition) is 2. The fourth-order valence-corrected chi connectivity index (χ4v) is 5.24. The number of nitrogens with one attached hydrogen (secondary N) is 2. The molecule has 184 valence electrons. The monoisotopic (exact) mass is 563 g/mol. The van der Waals surface area contributed by atoms with Crippen molar-refractivity contribution in [2.24, 2.45) is 5.92 Å². The van der Waals surface area contributed by atoms with Gasteiger partial charge in [-0.25, -0.2) is 4.98 Å². The Morgan fingerprint density at radius 1 is 1.26 bits per heavy atom. The number of nitrogens with zero attached hydrogens (tertiary/aromatic N) is 3. The molecule has 3 rings (SSSR count). The van der Waals surface area contributed by atoms with Crippen molar-refractivity contribution in [3.05, 3.63) is 39.0 Å². The van der Waals surface area contributed by atoms with Crippen LogP contribution in [0.15, 0.2) is 22.8 Å². The molecule has 6 nitrogen and oxygen atoms in total. The molecule has 34 heavy (non-hydrogen) atoms. The molecule has 1 aromatic carbocycles. The summed E-state index contributed by atoms with van der Waals surface area (Å²) in [5.74, 6) is 1.25. The molecular formula is C25H35BrClN5OSi. The number of benzene rings is 1. The van der Waals surface area contributed by atoms with Gasteiger partial charge in [-0.1, -0.05) is 45.2 Å². The maximum Gasteiger partial charge on any atom is 0.229 e. The molecule has 1 aromatic heterocycles. The van der Waals surface area contributed by atoms with Crippen LogP contribution in [0.25, 0.3) is 0 Å². The lowest BCUT2D eigenvalue weighted by molar-refractivity contribution is 0.276. The van der Waals surface area contributed by atoms with Crippen molar-refractivity contribution in [3.63, 3.8) is 0 Å². The zero-order valence-corrected chi connectivity index (χ0v) is 24.3. The van der Waals surface area contributed by atoms with Crippen LogP contribution in [0.1, 0.15) is 57.6 Å². The standard InChI is InChI=1S/C25H35BrClN5OSi/c1-16-14-29-24(32-23(16)31-21-10-8-7-9-17(21)13-28)30-19-11-18(22(26)20(27)12-19)15-33-34(5,6)25(2,3)4/h11-12,14,17,21H,7-10,15H2,1-6H3,(H2,29,30,31,32). The average molecular weight is 565 g/mol. The van der Waals surface area contributed by atoms with Gasteiger partial charge in [-0.05, 0) is 71.5 Å². The number of halogens is 2. The summed E-state index contributed by atoms with van der Waals surface area (Å²) in [6.45, 7) is 13.6. The smallest absolute Gasteiger partial charge is 0.229 e. The van der Waals surface area contributed by atoms with Gasteiger partial charge >= 0.3 is 0 Å². The highest BCUT2D eigenvalue weighted by atomic mass is 79.9. The van der Waals surface area contributed by atoms with Gasteiger partial charge in [0, 0.05) is 28.0 Å². The molecule has 1 aliphatic rings. The average Bonchev–Trinajstić information content (AvgIpc) is 2.77. The second kappa shape index (κ2) is 10.9. The van der Waals surface area contributed by atoms with Crippen LogP contribution in [0.3, 0.4) is 0 Å². The van der Waals surface area contributed by atoms with Gasteiger partial charge in [0.25, 0.3) is 0 Å². The van der Waals surface area contributed by atoms with Crippen LogP contribution in [0.2, 0.25) is 23.2 Å². The van der Waals surface area contributed by atoms with Crippen molar-refractivity contribution in [1.29, 1.82) is 5.26 Å². The van der Waals surface area contributed by atoms with Crippen molar-refractivity contribution in [3.8, 4) is 6.07 Å². The van der Waals surface area contributed by atoms with Crippen molar-refractivity contribution < 1.29 is 4.43 Å². The summed E-state index contributed by atoms with van der Waals surface area (Å²) in [4.78, 5) is 9.17. The van der Waals surface area contributed by atoms with Crippen LogP contribution < -0.4 is 10.6 Å². The first-order chi connectivity index (χ1) is 15.9. The minimum Gasteiger partial charge on any atom is -0.413 e. The van der Waals surface area contributed by atoms with E-state index in [0.717, 1.165) is 52.8 Å². The first-order valence-electron chi connectivity index (χ1n) is 11.8. The van der Waals surface area contributed by atoms with Crippen molar-refractivity contribution in [2.45, 2.75) is 84.2 Å². The number of aromatic nitrogens is 2. The SMILES string of the molecule is Cc1cnc(Nc2cc(Cl)c(Br)c(CO[Si](C)(C)C(C)(C)C)c2)nc1NC1CCCCC1C#N. The van der Waals surface area contributed by atoms with Gasteiger partial charge < -0.3 is 15.1 Å². The molecule has 2 aromatic rings. The summed E-state index contributed by atoms with van der Waals surface area (Å²) in [5.41, 5.74) is 2.72. The fraction of sp³-hybridized carbons (Fsp3) is 0.560. The predicted octanol–water partition coefficient (Wildman–Crippen LogP) is 7.96. The van der Waals surface area contributed by atoms with Crippen molar-refractivity contribution >= 4 is 53.3 Å². The van der Waals surface area contributed by atoms with Gasteiger partial charge in [0.15, 0.2) is 8.32 Å². The van der Waals surface area contributed by atoms with E-state index in [0.29, 0.717) is 17.6 Å². The van der Waals surface area contributed by atoms with Crippen LogP contribution >= 0.6 is 27.5 Å². The lowest BCUT2D eigenvalue weighted by Crippen LogP contribution is -2.40. The van der Waals surface area contributed by atoms with E-state index < -0.39 is 8.32 Å². The zero-order chi connectivity index (χ0) is 25.1. The summed E-state index contributed by atoms with van der Waals surface area (Å²) in [7, 11) is -1.90. The van der Waals surface area contributed by atoms with Gasteiger partial charge in [-0.3, -0.25) is 0 Å². The lowest BCUT2D eigenvalue weighted by Gasteiger charge is -2.36. The Morgan fingerprint density at radius 3 is 2.65 bits per heavy atom. The number of nitriles is 1. The molecule has 0 saturated heterocycles. The van der Waals surface area contributed by atoms with Gasteiger partial charge in [-0.2, -0.15) is 10.2 Å². The maximum atomic E-state index is 9.51. The van der Waals surface area contributed by atoms with Gasteiger partial charge in [0.05, 0.1) is 23.6 Å². The van der Waals surface area contributed by atoms with Crippen LogP contribution in [-0.4, -0.2) is 24.3 Å². The van der Waals surface area contributed by atoms with Gasteiger partial charge in [0.2, 0.25) is 5.95 Å². The summed E-state index contributed by atoms with van der Waals surface area (Å²) in [6, 6.07) is 6.43. The van der Waals surface area contributed by atoms with Crippen molar-refractivity contribution in [1.82, 2.24) is 9.97 Å². The zero-order valence-electron chi connectivity index (χ0n) is 20.9. The summed E-state index contributed by atoms with van der Waals surface area (Å²) >= 11 is 10.1. The number of rotatable bonds is 7. The molecule has 0 amide bonds. The van der Waals surface area contributed by atoms with Crippen molar-refractivity contribution in [2.75, 3.05) is 10.6 Å². The maximum absolute atomic E-state index is 9.51. The van der Waals surface area contributed by atoms with E-state index in [1.807, 2.05) is 19.1 Å². The highest BCUT2D eigenvalue weighted by Gasteiger charge is 2.37. The Kier molecular flexibility index (Phi) is 8.67. The number of anilines is 3. The lowest BCUT2D eigenvalue weighted by atomic mass is 9.85. The quantitative estimate of drug-likeness (QED) is 0.332. The molecule has 2 N–H and O–H groups in total. The number of aryl methyl sites for hydroxylation is 1. The first kappa shape index (κ1) is 26.9. The predicted molar refractivity (Wildman–Crippen MR) is 146 cm³/mol. The largest absolute Gasteiger partial charge is 0.413 e. The summed E-state index contributed by atoms with van der Waals surface area (Å²) in [5, 5.41) is 17.0. The van der Waals surface area contributed by atoms with E-state index in [2.05, 4.69) is 71.5 Å². The molecule has 1 fully saturated rings. The minimum atomic E-state index is -1.90. The summed E-state index contributed by atoms with van der Waals surface area (Å²) < 4.78 is 7.25. The van der Waals surface area contributed by atoms with Gasteiger partial charge in [0.1, 0.15) is 5.82 Å². The molecular weight excluding hydrogens is 530 g/mol. The molecule has 1 aliphatic carbocycles. The number of hydrogen-bond acceptors (Lipinski definition) is 6. The Bertz CT molecular complexity index is 1070. The second-order valence-electron chi connectivity index (χ2n) is 10.6. The highest BCUT2D eigenvalue weighted by Crippen LogP contribution is 2.39. The van der Waals surface area contributed by atoms with E-state index in [4.69, 9.17) is 21.0 Å². The van der Waals surface area contributed by atoms with Crippen LogP contribution in [-0.2, 0) is 11.0 Å². The molecule has 0 radical (unpaired) electrons. The topological polar surface area (TPSA) is 82.9 Å². The third-order valence-electron chi connectivity index (χ3n) is 6.98. The van der Waals surface area contributed by atoms with E-state index in [-0.39, 0.29) is 17.0 Å². The molecule has 0 spiro atoms. The Hall–Kier alpha value is -1.66. The molecule has 0 aliphatic heterocycles. The third-order valence-corrected chi connectivity index (χ3v) is 12.9. The highest BCUT2D eigenvalue weighted by molar-refractivity contribution is 9.10. The Labute approximate surface area is 218 Å². The fourth-order valence-electron chi connectivity index (χ4n) is 3.71. The molecule has 1 saturated carbocycles. The molecule has 1 heterocycles. The van der Waals surface area contributed by atoms with E-state index in [1.165, 1.54) is 0 Å². The minimum absolute atomic E-state index is 0.00765. The van der Waals surface area contributed by atoms with E-state index in [9.17, 15) is 5.26 Å². The van der Waals surface area contributed by atoms with Crippen LogP contribution in [0.5, 0.6) is 0 Å². The normalized spacial score (nSPS) is 18.9. The van der Waals surface area contributed by atoms with E-state index >= 15 is 0 Å². The molecule has 2 atom stereocenters. The Balaban J connectivity index is 1.79. The summed E-state index contributed by atoms with van der Waals surface area (Å²) in [6.07, 6.45) is 5.94. The molecule has 2 unspecified atom stereocenters. The van der Waals surface area contributed by atoms with Crippen LogP contribution in [0.4, 0.5) is 17.5 Å². The van der Waals surface area contributed by atoms with E-state index in [1.54, 1.807) is 6.20 Å². The third kappa shape index (κ3) is 6.51. The second-order valence-corrected chi connectivity index (χ2v) is 16.6.